The monoisotopic (exact) mass is 348 g/mol. The molecule has 0 radical (unpaired) electrons. The Balaban J connectivity index is 1.83. The molecule has 1 aliphatic rings. The molecule has 5 heteroatoms. The number of rotatable bonds is 6. The maximum absolute atomic E-state index is 4.40. The average Bonchev–Trinajstić information content (AvgIpc) is 2.60. The van der Waals surface area contributed by atoms with E-state index in [9.17, 15) is 0 Å². The van der Waals surface area contributed by atoms with Gasteiger partial charge in [-0.05, 0) is 45.1 Å². The maximum atomic E-state index is 4.40. The van der Waals surface area contributed by atoms with Gasteiger partial charge in [-0.15, -0.1) is 0 Å². The van der Waals surface area contributed by atoms with Crippen LogP contribution >= 0.6 is 11.8 Å². The molecular formula is C19H32N4S. The van der Waals surface area contributed by atoms with Gasteiger partial charge < -0.3 is 10.6 Å². The predicted molar refractivity (Wildman–Crippen MR) is 107 cm³/mol. The van der Waals surface area contributed by atoms with Crippen molar-refractivity contribution in [3.05, 3.63) is 35.9 Å². The molecule has 0 amide bonds. The van der Waals surface area contributed by atoms with Crippen LogP contribution in [0.3, 0.4) is 0 Å². The fourth-order valence-electron chi connectivity index (χ4n) is 2.92. The van der Waals surface area contributed by atoms with E-state index >= 15 is 0 Å². The lowest BCUT2D eigenvalue weighted by molar-refractivity contribution is 0.192. The first kappa shape index (κ1) is 19.1. The molecule has 0 aliphatic carbocycles. The van der Waals surface area contributed by atoms with E-state index in [0.717, 1.165) is 25.6 Å². The summed E-state index contributed by atoms with van der Waals surface area (Å²) in [5.41, 5.74) is 1.39. The van der Waals surface area contributed by atoms with Crippen LogP contribution in [-0.4, -0.2) is 54.6 Å². The Morgan fingerprint density at radius 2 is 2.08 bits per heavy atom. The summed E-state index contributed by atoms with van der Waals surface area (Å²) in [5, 5.41) is 7.08. The molecule has 24 heavy (non-hydrogen) atoms. The van der Waals surface area contributed by atoms with Crippen LogP contribution in [0, 0.1) is 0 Å². The highest BCUT2D eigenvalue weighted by atomic mass is 32.2. The molecule has 0 saturated carbocycles. The quantitative estimate of drug-likeness (QED) is 0.612. The summed E-state index contributed by atoms with van der Waals surface area (Å²) in [5.74, 6) is 0.920. The molecule has 0 spiro atoms. The summed E-state index contributed by atoms with van der Waals surface area (Å²) in [6, 6.07) is 11.2. The van der Waals surface area contributed by atoms with Gasteiger partial charge in [0.1, 0.15) is 0 Å². The lowest BCUT2D eigenvalue weighted by atomic mass is 10.0. The summed E-state index contributed by atoms with van der Waals surface area (Å²) >= 11 is 1.87. The van der Waals surface area contributed by atoms with E-state index in [-0.39, 0.29) is 4.75 Å². The van der Waals surface area contributed by atoms with Crippen molar-refractivity contribution >= 4 is 17.7 Å². The van der Waals surface area contributed by atoms with Crippen LogP contribution < -0.4 is 10.6 Å². The van der Waals surface area contributed by atoms with E-state index in [1.165, 1.54) is 24.9 Å². The Kier molecular flexibility index (Phi) is 7.43. The largest absolute Gasteiger partial charge is 0.355 e. The summed E-state index contributed by atoms with van der Waals surface area (Å²) in [6.45, 7) is 8.69. The number of thioether (sulfide) groups is 1. The average molecular weight is 349 g/mol. The van der Waals surface area contributed by atoms with Gasteiger partial charge in [-0.2, -0.15) is 11.8 Å². The van der Waals surface area contributed by atoms with Gasteiger partial charge in [0.2, 0.25) is 0 Å². The molecule has 0 bridgehead atoms. The second kappa shape index (κ2) is 9.33. The zero-order valence-corrected chi connectivity index (χ0v) is 16.3. The Bertz CT molecular complexity index is 515. The standard InChI is InChI=1S/C19H32N4S/c1-19(2,24-4)15-21-18(20-3)22-17-11-8-12-23(14-17)13-16-9-6-5-7-10-16/h5-7,9-10,17H,8,11-15H2,1-4H3,(H2,20,21,22). The number of aliphatic imine (C=N–C) groups is 1. The van der Waals surface area contributed by atoms with Crippen molar-refractivity contribution in [2.45, 2.75) is 44.0 Å². The Hall–Kier alpha value is -1.20. The molecule has 0 aromatic heterocycles. The highest BCUT2D eigenvalue weighted by Gasteiger charge is 2.22. The molecule has 1 unspecified atom stereocenters. The van der Waals surface area contributed by atoms with Gasteiger partial charge in [-0.3, -0.25) is 9.89 Å². The summed E-state index contributed by atoms with van der Waals surface area (Å²) in [6.07, 6.45) is 4.59. The number of hydrogen-bond acceptors (Lipinski definition) is 3. The van der Waals surface area contributed by atoms with Crippen molar-refractivity contribution in [2.75, 3.05) is 32.9 Å². The fourth-order valence-corrected chi connectivity index (χ4v) is 3.13. The van der Waals surface area contributed by atoms with Gasteiger partial charge in [-0.25, -0.2) is 0 Å². The zero-order chi connectivity index (χ0) is 17.4. The third kappa shape index (κ3) is 6.36. The van der Waals surface area contributed by atoms with Crippen LogP contribution in [-0.2, 0) is 6.54 Å². The van der Waals surface area contributed by atoms with Crippen molar-refractivity contribution in [3.63, 3.8) is 0 Å². The van der Waals surface area contributed by atoms with E-state index in [1.807, 2.05) is 18.8 Å². The van der Waals surface area contributed by atoms with Gasteiger partial charge >= 0.3 is 0 Å². The zero-order valence-electron chi connectivity index (χ0n) is 15.5. The van der Waals surface area contributed by atoms with E-state index < -0.39 is 0 Å². The van der Waals surface area contributed by atoms with E-state index in [4.69, 9.17) is 0 Å². The van der Waals surface area contributed by atoms with Crippen molar-refractivity contribution in [1.29, 1.82) is 0 Å². The molecule has 134 valence electrons. The Morgan fingerprint density at radius 3 is 2.75 bits per heavy atom. The second-order valence-electron chi connectivity index (χ2n) is 7.09. The minimum atomic E-state index is 0.212. The highest BCUT2D eigenvalue weighted by Crippen LogP contribution is 2.19. The predicted octanol–water partition coefficient (Wildman–Crippen LogP) is 2.96. The topological polar surface area (TPSA) is 39.7 Å². The van der Waals surface area contributed by atoms with Crippen LogP contribution in [0.25, 0.3) is 0 Å². The molecule has 1 atom stereocenters. The molecule has 1 aliphatic heterocycles. The van der Waals surface area contributed by atoms with Crippen molar-refractivity contribution in [3.8, 4) is 0 Å². The Morgan fingerprint density at radius 1 is 1.33 bits per heavy atom. The number of hydrogen-bond donors (Lipinski definition) is 2. The first-order chi connectivity index (χ1) is 11.5. The molecule has 2 N–H and O–H groups in total. The highest BCUT2D eigenvalue weighted by molar-refractivity contribution is 7.99. The first-order valence-corrected chi connectivity index (χ1v) is 10.0. The number of guanidine groups is 1. The smallest absolute Gasteiger partial charge is 0.191 e. The minimum absolute atomic E-state index is 0.212. The van der Waals surface area contributed by atoms with Crippen LogP contribution in [0.1, 0.15) is 32.3 Å². The maximum Gasteiger partial charge on any atom is 0.191 e. The van der Waals surface area contributed by atoms with E-state index in [2.05, 4.69) is 71.0 Å². The molecule has 4 nitrogen and oxygen atoms in total. The number of nitrogens with one attached hydrogen (secondary N) is 2. The molecular weight excluding hydrogens is 316 g/mol. The van der Waals surface area contributed by atoms with Gasteiger partial charge in [0, 0.05) is 37.5 Å². The first-order valence-electron chi connectivity index (χ1n) is 8.81. The third-order valence-electron chi connectivity index (χ3n) is 4.55. The SMILES string of the molecule is CN=C(NCC(C)(C)SC)NC1CCCN(Cc2ccccc2)C1. The normalized spacial score (nSPS) is 20.0. The van der Waals surface area contributed by atoms with E-state index in [0.29, 0.717) is 6.04 Å². The van der Waals surface area contributed by atoms with Gasteiger partial charge in [-0.1, -0.05) is 30.3 Å². The van der Waals surface area contributed by atoms with Crippen molar-refractivity contribution < 1.29 is 0 Å². The number of likely N-dealkylation sites (tertiary alicyclic amines) is 1. The minimum Gasteiger partial charge on any atom is -0.355 e. The third-order valence-corrected chi connectivity index (χ3v) is 5.80. The van der Waals surface area contributed by atoms with Crippen LogP contribution in [0.15, 0.2) is 35.3 Å². The Labute approximate surface area is 151 Å². The molecule has 1 aromatic carbocycles. The molecule has 2 rings (SSSR count). The fraction of sp³-hybridized carbons (Fsp3) is 0.632. The van der Waals surface area contributed by atoms with E-state index in [1.54, 1.807) is 0 Å². The molecule has 1 heterocycles. The lowest BCUT2D eigenvalue weighted by Gasteiger charge is -2.34. The van der Waals surface area contributed by atoms with Crippen molar-refractivity contribution in [2.24, 2.45) is 4.99 Å². The lowest BCUT2D eigenvalue weighted by Crippen LogP contribution is -2.52. The van der Waals surface area contributed by atoms with Gasteiger partial charge in [0.25, 0.3) is 0 Å². The molecule has 1 aromatic rings. The van der Waals surface area contributed by atoms with Gasteiger partial charge in [0.15, 0.2) is 5.96 Å². The summed E-state index contributed by atoms with van der Waals surface area (Å²) in [7, 11) is 1.85. The van der Waals surface area contributed by atoms with Crippen LogP contribution in [0.5, 0.6) is 0 Å². The number of nitrogens with zero attached hydrogens (tertiary/aromatic N) is 2. The van der Waals surface area contributed by atoms with Crippen LogP contribution in [0.4, 0.5) is 0 Å². The molecule has 1 fully saturated rings. The van der Waals surface area contributed by atoms with Crippen molar-refractivity contribution in [1.82, 2.24) is 15.5 Å². The molecule has 1 saturated heterocycles. The van der Waals surface area contributed by atoms with Crippen LogP contribution in [0.2, 0.25) is 0 Å². The number of benzene rings is 1. The summed E-state index contributed by atoms with van der Waals surface area (Å²) < 4.78 is 0.212. The second-order valence-corrected chi connectivity index (χ2v) is 8.61. The number of piperidine rings is 1. The summed E-state index contributed by atoms with van der Waals surface area (Å²) in [4.78, 5) is 6.93. The van der Waals surface area contributed by atoms with Gasteiger partial charge in [0.05, 0.1) is 0 Å².